The van der Waals surface area contributed by atoms with Crippen molar-refractivity contribution in [2.75, 3.05) is 11.9 Å². The van der Waals surface area contributed by atoms with E-state index in [0.29, 0.717) is 24.2 Å². The first kappa shape index (κ1) is 25.5. The number of carbonyl (C=O) groups is 2. The molecule has 2 aliphatic rings. The van der Waals surface area contributed by atoms with E-state index in [9.17, 15) is 18.4 Å². The predicted octanol–water partition coefficient (Wildman–Crippen LogP) is 4.39. The van der Waals surface area contributed by atoms with Gasteiger partial charge in [-0.15, -0.1) is 0 Å². The number of pyridine rings is 2. The van der Waals surface area contributed by atoms with E-state index in [2.05, 4.69) is 20.3 Å². The SMILES string of the molecule is C[C@H](c1cc(F)cc(F)c1)N(C/C=C/c1cnc2c(c1)C[C@@]1(C2)C(=O)Nc2ncccc21)C(=O)c1nccn1C. The van der Waals surface area contributed by atoms with Gasteiger partial charge in [-0.25, -0.2) is 18.7 Å². The minimum Gasteiger partial charge on any atom is -0.330 e. The molecule has 202 valence electrons. The van der Waals surface area contributed by atoms with Crippen molar-refractivity contribution in [3.05, 3.63) is 113 Å². The maximum absolute atomic E-state index is 14.0. The Balaban J connectivity index is 1.25. The molecule has 0 radical (unpaired) electrons. The molecule has 1 aliphatic carbocycles. The Kier molecular flexibility index (Phi) is 6.25. The minimum atomic E-state index is -0.710. The van der Waals surface area contributed by atoms with Gasteiger partial charge >= 0.3 is 0 Å². The zero-order valence-corrected chi connectivity index (χ0v) is 21.9. The maximum atomic E-state index is 14.0. The predicted molar refractivity (Wildman–Crippen MR) is 144 cm³/mol. The third kappa shape index (κ3) is 4.35. The average Bonchev–Trinajstić information content (AvgIpc) is 3.60. The van der Waals surface area contributed by atoms with E-state index >= 15 is 0 Å². The normalized spacial score (nSPS) is 18.1. The first-order chi connectivity index (χ1) is 19.2. The van der Waals surface area contributed by atoms with Gasteiger partial charge in [0, 0.05) is 62.1 Å². The number of amides is 2. The van der Waals surface area contributed by atoms with Crippen molar-refractivity contribution in [1.82, 2.24) is 24.4 Å². The van der Waals surface area contributed by atoms with Crippen molar-refractivity contribution in [3.8, 4) is 0 Å². The Bertz CT molecular complexity index is 1660. The zero-order chi connectivity index (χ0) is 28.0. The van der Waals surface area contributed by atoms with E-state index in [1.165, 1.54) is 23.2 Å². The van der Waals surface area contributed by atoms with Gasteiger partial charge < -0.3 is 14.8 Å². The molecule has 1 spiro atoms. The van der Waals surface area contributed by atoms with Crippen LogP contribution in [0.5, 0.6) is 0 Å². The molecule has 4 aromatic rings. The Labute approximate surface area is 229 Å². The summed E-state index contributed by atoms with van der Waals surface area (Å²) in [5.74, 6) is -1.04. The van der Waals surface area contributed by atoms with Crippen LogP contribution in [-0.4, -0.2) is 42.8 Å². The molecule has 6 rings (SSSR count). The quantitative estimate of drug-likeness (QED) is 0.392. The molecule has 0 unspecified atom stereocenters. The van der Waals surface area contributed by atoms with Crippen LogP contribution in [0.2, 0.25) is 0 Å². The number of fused-ring (bicyclic) bond motifs is 3. The van der Waals surface area contributed by atoms with Crippen LogP contribution >= 0.6 is 0 Å². The van der Waals surface area contributed by atoms with Crippen LogP contribution in [0.1, 0.15) is 51.5 Å². The number of hydrogen-bond donors (Lipinski definition) is 1. The molecule has 0 saturated heterocycles. The molecule has 0 bridgehead atoms. The van der Waals surface area contributed by atoms with Crippen LogP contribution in [0.4, 0.5) is 14.6 Å². The summed E-state index contributed by atoms with van der Waals surface area (Å²) in [5.41, 5.74) is 3.19. The zero-order valence-electron chi connectivity index (χ0n) is 21.9. The van der Waals surface area contributed by atoms with E-state index in [1.54, 1.807) is 37.1 Å². The summed E-state index contributed by atoms with van der Waals surface area (Å²) in [5, 5.41) is 2.90. The minimum absolute atomic E-state index is 0.0671. The topological polar surface area (TPSA) is 93.0 Å². The number of imidazole rings is 1. The Morgan fingerprint density at radius 1 is 1.15 bits per heavy atom. The number of nitrogens with zero attached hydrogens (tertiary/aromatic N) is 5. The van der Waals surface area contributed by atoms with Gasteiger partial charge in [-0.2, -0.15) is 0 Å². The summed E-state index contributed by atoms with van der Waals surface area (Å²) in [4.78, 5) is 41.1. The van der Waals surface area contributed by atoms with Crippen molar-refractivity contribution in [1.29, 1.82) is 0 Å². The highest BCUT2D eigenvalue weighted by atomic mass is 19.1. The smallest absolute Gasteiger partial charge is 0.290 e. The molecule has 0 saturated carbocycles. The van der Waals surface area contributed by atoms with Crippen LogP contribution in [0, 0.1) is 11.6 Å². The van der Waals surface area contributed by atoms with Gasteiger partial charge in [0.1, 0.15) is 17.5 Å². The van der Waals surface area contributed by atoms with Crippen LogP contribution in [-0.2, 0) is 30.1 Å². The van der Waals surface area contributed by atoms with Crippen molar-refractivity contribution in [2.45, 2.75) is 31.2 Å². The Morgan fingerprint density at radius 2 is 1.95 bits per heavy atom. The second kappa shape index (κ2) is 9.78. The fourth-order valence-electron chi connectivity index (χ4n) is 5.64. The molecule has 10 heteroatoms. The number of aromatic nitrogens is 4. The van der Waals surface area contributed by atoms with E-state index < -0.39 is 23.1 Å². The molecule has 4 heterocycles. The lowest BCUT2D eigenvalue weighted by Gasteiger charge is -2.28. The number of rotatable bonds is 6. The van der Waals surface area contributed by atoms with Crippen LogP contribution in [0.3, 0.4) is 0 Å². The van der Waals surface area contributed by atoms with Gasteiger partial charge in [-0.05, 0) is 54.3 Å². The Morgan fingerprint density at radius 3 is 2.70 bits per heavy atom. The molecule has 2 atom stereocenters. The number of nitrogens with one attached hydrogen (secondary N) is 1. The first-order valence-electron chi connectivity index (χ1n) is 12.9. The van der Waals surface area contributed by atoms with Crippen LogP contribution in [0.15, 0.2) is 67.3 Å². The highest BCUT2D eigenvalue weighted by Crippen LogP contribution is 2.46. The van der Waals surface area contributed by atoms with Crippen molar-refractivity contribution in [3.63, 3.8) is 0 Å². The number of anilines is 1. The number of halogens is 2. The highest BCUT2D eigenvalue weighted by Gasteiger charge is 2.51. The lowest BCUT2D eigenvalue weighted by atomic mass is 9.80. The van der Waals surface area contributed by atoms with E-state index in [1.807, 2.05) is 30.4 Å². The molecule has 0 fully saturated rings. The van der Waals surface area contributed by atoms with Gasteiger partial charge in [-0.1, -0.05) is 18.2 Å². The van der Waals surface area contributed by atoms with Gasteiger partial charge in [0.25, 0.3) is 5.91 Å². The summed E-state index contributed by atoms with van der Waals surface area (Å²) in [6, 6.07) is 8.40. The standard InChI is InChI=1S/C30H26F2N6O2/c1-18(20-12-22(31)14-23(32)13-20)38(28(39)27-34-8-10-37(27)2)9-4-5-19-11-21-15-30(16-25(21)35-17-19)24-6-3-7-33-26(24)36-29(30)40/h3-8,10-14,17-18H,9,15-16H2,1-2H3,(H,33,36,40)/b5-4+/t18-,30+/m1/s1. The van der Waals surface area contributed by atoms with Crippen LogP contribution < -0.4 is 5.32 Å². The average molecular weight is 541 g/mol. The molecule has 2 amide bonds. The van der Waals surface area contributed by atoms with Gasteiger partial charge in [0.15, 0.2) is 5.82 Å². The molecule has 40 heavy (non-hydrogen) atoms. The maximum Gasteiger partial charge on any atom is 0.290 e. The molecular formula is C30H26F2N6O2. The van der Waals surface area contributed by atoms with E-state index in [0.717, 1.165) is 28.5 Å². The molecule has 3 aromatic heterocycles. The number of hydrogen-bond acceptors (Lipinski definition) is 5. The number of benzene rings is 1. The summed E-state index contributed by atoms with van der Waals surface area (Å²) in [7, 11) is 1.71. The molecule has 8 nitrogen and oxygen atoms in total. The second-order valence-electron chi connectivity index (χ2n) is 10.3. The summed E-state index contributed by atoms with van der Waals surface area (Å²) >= 11 is 0. The number of carbonyl (C=O) groups excluding carboxylic acids is 2. The second-order valence-corrected chi connectivity index (χ2v) is 10.3. The Hall–Kier alpha value is -4.73. The van der Waals surface area contributed by atoms with Crippen LogP contribution in [0.25, 0.3) is 6.08 Å². The highest BCUT2D eigenvalue weighted by molar-refractivity contribution is 6.06. The first-order valence-corrected chi connectivity index (χ1v) is 12.9. The summed E-state index contributed by atoms with van der Waals surface area (Å²) < 4.78 is 29.6. The molecule has 1 aliphatic heterocycles. The summed E-state index contributed by atoms with van der Waals surface area (Å²) in [6.07, 6.45) is 11.3. The van der Waals surface area contributed by atoms with Gasteiger partial charge in [0.05, 0.1) is 11.5 Å². The third-order valence-corrected chi connectivity index (χ3v) is 7.75. The van der Waals surface area contributed by atoms with Crippen molar-refractivity contribution in [2.24, 2.45) is 7.05 Å². The van der Waals surface area contributed by atoms with E-state index in [4.69, 9.17) is 0 Å². The largest absolute Gasteiger partial charge is 0.330 e. The fourth-order valence-corrected chi connectivity index (χ4v) is 5.64. The lowest BCUT2D eigenvalue weighted by molar-refractivity contribution is -0.120. The molecular weight excluding hydrogens is 514 g/mol. The van der Waals surface area contributed by atoms with Gasteiger partial charge in [-0.3, -0.25) is 14.6 Å². The van der Waals surface area contributed by atoms with Crippen molar-refractivity contribution < 1.29 is 18.4 Å². The van der Waals surface area contributed by atoms with Gasteiger partial charge in [0.2, 0.25) is 5.91 Å². The molecule has 1 aromatic carbocycles. The fraction of sp³-hybridized carbons (Fsp3) is 0.233. The third-order valence-electron chi connectivity index (χ3n) is 7.75. The molecule has 1 N–H and O–H groups in total. The number of aryl methyl sites for hydroxylation is 1. The summed E-state index contributed by atoms with van der Waals surface area (Å²) in [6.45, 7) is 1.88. The van der Waals surface area contributed by atoms with E-state index in [-0.39, 0.29) is 24.2 Å². The monoisotopic (exact) mass is 540 g/mol. The van der Waals surface area contributed by atoms with Crippen molar-refractivity contribution >= 4 is 23.7 Å². The lowest BCUT2D eigenvalue weighted by Crippen LogP contribution is -2.35.